The van der Waals surface area contributed by atoms with E-state index in [4.69, 9.17) is 5.11 Å². The van der Waals surface area contributed by atoms with Crippen LogP contribution in [0.15, 0.2) is 27.8 Å². The Kier molecular flexibility index (Phi) is 4.77. The number of likely N-dealkylation sites (tertiary alicyclic amines) is 1. The maximum Gasteiger partial charge on any atom is 0.394 e. The molecule has 1 amide bonds. The molecule has 0 spiro atoms. The number of benzene rings is 1. The molecule has 1 aliphatic heterocycles. The lowest BCUT2D eigenvalue weighted by Gasteiger charge is -2.18. The van der Waals surface area contributed by atoms with Crippen LogP contribution in [-0.4, -0.2) is 50.7 Å². The third-order valence-corrected chi connectivity index (χ3v) is 4.89. The SMILES string of the molecule is CCn1c(=O)[nH]c2cc(C(=O)N3C[C@@H](C(F)(F)F)[C@H](C(=O)O)C3)ccc2c1=O. The number of hydrogen-bond acceptors (Lipinski definition) is 4. The van der Waals surface area contributed by atoms with Crippen molar-refractivity contribution in [3.8, 4) is 0 Å². The molecule has 8 nitrogen and oxygen atoms in total. The number of carboxylic acid groups (broad SMARTS) is 1. The van der Waals surface area contributed by atoms with E-state index >= 15 is 0 Å². The Morgan fingerprint density at radius 3 is 2.46 bits per heavy atom. The maximum absolute atomic E-state index is 13.1. The summed E-state index contributed by atoms with van der Waals surface area (Å²) in [4.78, 5) is 51.2. The van der Waals surface area contributed by atoms with Crippen LogP contribution in [0.2, 0.25) is 0 Å². The molecular weight excluding hydrogens is 383 g/mol. The van der Waals surface area contributed by atoms with Crippen molar-refractivity contribution in [3.05, 3.63) is 44.6 Å². The first-order valence-corrected chi connectivity index (χ1v) is 8.40. The van der Waals surface area contributed by atoms with Gasteiger partial charge in [0.2, 0.25) is 0 Å². The second-order valence-corrected chi connectivity index (χ2v) is 6.54. The summed E-state index contributed by atoms with van der Waals surface area (Å²) in [6, 6.07) is 3.78. The van der Waals surface area contributed by atoms with E-state index < -0.39 is 54.2 Å². The molecular formula is C17H16F3N3O5. The molecule has 1 aromatic heterocycles. The smallest absolute Gasteiger partial charge is 0.394 e. The molecule has 11 heteroatoms. The van der Waals surface area contributed by atoms with E-state index in [9.17, 15) is 32.3 Å². The fourth-order valence-corrected chi connectivity index (χ4v) is 3.41. The van der Waals surface area contributed by atoms with Gasteiger partial charge >= 0.3 is 17.8 Å². The second kappa shape index (κ2) is 6.80. The van der Waals surface area contributed by atoms with Crippen molar-refractivity contribution in [2.75, 3.05) is 13.1 Å². The number of aromatic nitrogens is 2. The first kappa shape index (κ1) is 19.6. The van der Waals surface area contributed by atoms with Crippen LogP contribution in [0, 0.1) is 11.8 Å². The van der Waals surface area contributed by atoms with Gasteiger partial charge in [-0.3, -0.25) is 19.0 Å². The number of halogens is 3. The number of amides is 1. The van der Waals surface area contributed by atoms with Crippen molar-refractivity contribution in [2.24, 2.45) is 11.8 Å². The number of hydrogen-bond donors (Lipinski definition) is 2. The molecule has 2 heterocycles. The van der Waals surface area contributed by atoms with E-state index in [2.05, 4.69) is 4.98 Å². The Balaban J connectivity index is 1.97. The fourth-order valence-electron chi connectivity index (χ4n) is 3.41. The van der Waals surface area contributed by atoms with Gasteiger partial charge in [-0.05, 0) is 25.1 Å². The number of carboxylic acids is 1. The van der Waals surface area contributed by atoms with Crippen LogP contribution in [0.25, 0.3) is 10.9 Å². The van der Waals surface area contributed by atoms with Gasteiger partial charge in [0.15, 0.2) is 0 Å². The molecule has 1 fully saturated rings. The molecule has 2 N–H and O–H groups in total. The van der Waals surface area contributed by atoms with E-state index in [1.54, 1.807) is 6.92 Å². The van der Waals surface area contributed by atoms with Gasteiger partial charge in [-0.25, -0.2) is 4.79 Å². The summed E-state index contributed by atoms with van der Waals surface area (Å²) >= 11 is 0. The van der Waals surface area contributed by atoms with E-state index in [1.165, 1.54) is 18.2 Å². The Morgan fingerprint density at radius 1 is 1.25 bits per heavy atom. The van der Waals surface area contributed by atoms with Gasteiger partial charge in [0.25, 0.3) is 11.5 Å². The first-order chi connectivity index (χ1) is 13.0. The van der Waals surface area contributed by atoms with Crippen LogP contribution in [0.4, 0.5) is 13.2 Å². The fraction of sp³-hybridized carbons (Fsp3) is 0.412. The molecule has 0 radical (unpaired) electrons. The number of nitrogens with zero attached hydrogens (tertiary/aromatic N) is 2. The molecule has 0 aliphatic carbocycles. The summed E-state index contributed by atoms with van der Waals surface area (Å²) in [5, 5.41) is 9.20. The number of aromatic amines is 1. The number of carbonyl (C=O) groups excluding carboxylic acids is 1. The van der Waals surface area contributed by atoms with Crippen LogP contribution in [0.5, 0.6) is 0 Å². The zero-order valence-electron chi connectivity index (χ0n) is 14.6. The highest BCUT2D eigenvalue weighted by molar-refractivity contribution is 5.98. The number of nitrogens with one attached hydrogen (secondary N) is 1. The average Bonchev–Trinajstić information content (AvgIpc) is 3.07. The molecule has 1 saturated heterocycles. The number of rotatable bonds is 3. The summed E-state index contributed by atoms with van der Waals surface area (Å²) in [7, 11) is 0. The van der Waals surface area contributed by atoms with Crippen molar-refractivity contribution in [1.82, 2.24) is 14.5 Å². The maximum atomic E-state index is 13.1. The van der Waals surface area contributed by atoms with Crippen LogP contribution in [0.3, 0.4) is 0 Å². The van der Waals surface area contributed by atoms with Crippen LogP contribution >= 0.6 is 0 Å². The third-order valence-electron chi connectivity index (χ3n) is 4.89. The van der Waals surface area contributed by atoms with E-state index in [0.29, 0.717) is 0 Å². The Morgan fingerprint density at radius 2 is 1.93 bits per heavy atom. The predicted octanol–water partition coefficient (Wildman–Crippen LogP) is 1.04. The largest absolute Gasteiger partial charge is 0.481 e. The molecule has 0 bridgehead atoms. The number of fused-ring (bicyclic) bond motifs is 1. The van der Waals surface area contributed by atoms with Crippen molar-refractivity contribution < 1.29 is 27.9 Å². The highest BCUT2D eigenvalue weighted by Gasteiger charge is 2.53. The minimum Gasteiger partial charge on any atom is -0.481 e. The lowest BCUT2D eigenvalue weighted by molar-refractivity contribution is -0.187. The summed E-state index contributed by atoms with van der Waals surface area (Å²) in [6.45, 7) is 0.410. The molecule has 150 valence electrons. The highest BCUT2D eigenvalue weighted by Crippen LogP contribution is 2.38. The van der Waals surface area contributed by atoms with Gasteiger partial charge < -0.3 is 15.0 Å². The topological polar surface area (TPSA) is 112 Å². The van der Waals surface area contributed by atoms with E-state index in [1.807, 2.05) is 0 Å². The first-order valence-electron chi connectivity index (χ1n) is 8.40. The minimum atomic E-state index is -4.75. The Bertz CT molecular complexity index is 1070. The summed E-state index contributed by atoms with van der Waals surface area (Å²) in [6.07, 6.45) is -4.75. The molecule has 3 rings (SSSR count). The zero-order valence-corrected chi connectivity index (χ0v) is 14.6. The van der Waals surface area contributed by atoms with Crippen molar-refractivity contribution in [1.29, 1.82) is 0 Å². The van der Waals surface area contributed by atoms with Crippen LogP contribution < -0.4 is 11.2 Å². The lowest BCUT2D eigenvalue weighted by atomic mass is 9.96. The van der Waals surface area contributed by atoms with E-state index in [0.717, 1.165) is 9.47 Å². The molecule has 1 aliphatic rings. The molecule has 28 heavy (non-hydrogen) atoms. The van der Waals surface area contributed by atoms with Gasteiger partial charge in [0.05, 0.1) is 22.7 Å². The number of H-pyrrole nitrogens is 1. The van der Waals surface area contributed by atoms with Crippen molar-refractivity contribution in [3.63, 3.8) is 0 Å². The molecule has 0 unspecified atom stereocenters. The number of carbonyl (C=O) groups is 2. The van der Waals surface area contributed by atoms with Gasteiger partial charge in [-0.15, -0.1) is 0 Å². The van der Waals surface area contributed by atoms with Crippen LogP contribution in [-0.2, 0) is 11.3 Å². The molecule has 2 atom stereocenters. The monoisotopic (exact) mass is 399 g/mol. The quantitative estimate of drug-likeness (QED) is 0.801. The zero-order chi connectivity index (χ0) is 20.8. The standard InChI is InChI=1S/C17H16F3N3O5/c1-2-23-14(25)9-4-3-8(5-12(9)21-16(23)28)13(24)22-6-10(15(26)27)11(7-22)17(18,19)20/h3-5,10-11H,2,6-7H2,1H3,(H,21,28)(H,26,27)/t10-,11-/m1/s1. The van der Waals surface area contributed by atoms with Gasteiger partial charge in [-0.2, -0.15) is 13.2 Å². The Labute approximate surface area is 155 Å². The minimum absolute atomic E-state index is 0.0521. The van der Waals surface area contributed by atoms with E-state index in [-0.39, 0.29) is 23.0 Å². The third kappa shape index (κ3) is 3.27. The van der Waals surface area contributed by atoms with Crippen molar-refractivity contribution >= 4 is 22.8 Å². The normalized spacial score (nSPS) is 19.9. The Hall–Kier alpha value is -3.11. The average molecular weight is 399 g/mol. The second-order valence-electron chi connectivity index (χ2n) is 6.54. The number of aliphatic carboxylic acids is 1. The van der Waals surface area contributed by atoms with Gasteiger partial charge in [0, 0.05) is 25.2 Å². The molecule has 1 aromatic carbocycles. The van der Waals surface area contributed by atoms with Crippen LogP contribution in [0.1, 0.15) is 17.3 Å². The highest BCUT2D eigenvalue weighted by atomic mass is 19.4. The summed E-state index contributed by atoms with van der Waals surface area (Å²) in [5.74, 6) is -6.34. The van der Waals surface area contributed by atoms with Gasteiger partial charge in [0.1, 0.15) is 0 Å². The van der Waals surface area contributed by atoms with Crippen molar-refractivity contribution in [2.45, 2.75) is 19.6 Å². The lowest BCUT2D eigenvalue weighted by Crippen LogP contribution is -2.35. The van der Waals surface area contributed by atoms with Gasteiger partial charge in [-0.1, -0.05) is 0 Å². The summed E-state index contributed by atoms with van der Waals surface area (Å²) in [5.41, 5.74) is -1.20. The molecule has 0 saturated carbocycles. The number of alkyl halides is 3. The predicted molar refractivity (Wildman–Crippen MR) is 91.1 cm³/mol. The molecule has 2 aromatic rings. The summed E-state index contributed by atoms with van der Waals surface area (Å²) < 4.78 is 40.3.